The largest absolute Gasteiger partial charge is 0.292 e. The van der Waals surface area contributed by atoms with Crippen molar-refractivity contribution in [3.05, 3.63) is 41.9 Å². The average molecular weight is 234 g/mol. The normalized spacial score (nSPS) is 14.3. The van der Waals surface area contributed by atoms with Crippen molar-refractivity contribution in [2.45, 2.75) is 6.42 Å². The molecular formula is C14H10N4. The van der Waals surface area contributed by atoms with E-state index in [1.165, 1.54) is 0 Å². The van der Waals surface area contributed by atoms with Crippen LogP contribution in [0.1, 0.15) is 17.8 Å². The Morgan fingerprint density at radius 3 is 3.00 bits per heavy atom. The van der Waals surface area contributed by atoms with E-state index in [4.69, 9.17) is 5.26 Å². The average Bonchev–Trinajstić information content (AvgIpc) is 2.47. The fourth-order valence-electron chi connectivity index (χ4n) is 1.94. The lowest BCUT2D eigenvalue weighted by molar-refractivity contribution is 1.17. The monoisotopic (exact) mass is 234 g/mol. The van der Waals surface area contributed by atoms with Crippen LogP contribution in [0.2, 0.25) is 0 Å². The summed E-state index contributed by atoms with van der Waals surface area (Å²) in [6, 6.07) is 7.69. The number of hydrogen-bond donors (Lipinski definition) is 0. The quantitative estimate of drug-likeness (QED) is 0.760. The first-order valence-electron chi connectivity index (χ1n) is 5.71. The number of fused-ring (bicyclic) bond motifs is 1. The van der Waals surface area contributed by atoms with Gasteiger partial charge in [0.15, 0.2) is 0 Å². The summed E-state index contributed by atoms with van der Waals surface area (Å²) in [4.78, 5) is 12.9. The van der Waals surface area contributed by atoms with Crippen molar-refractivity contribution >= 4 is 22.7 Å². The first-order valence-corrected chi connectivity index (χ1v) is 5.71. The van der Waals surface area contributed by atoms with E-state index in [1.54, 1.807) is 12.3 Å². The Balaban J connectivity index is 2.10. The van der Waals surface area contributed by atoms with Gasteiger partial charge in [-0.15, -0.1) is 0 Å². The number of nitriles is 1. The summed E-state index contributed by atoms with van der Waals surface area (Å²) in [5.74, 6) is 0. The van der Waals surface area contributed by atoms with Crippen molar-refractivity contribution < 1.29 is 0 Å². The second-order valence-electron chi connectivity index (χ2n) is 4.06. The van der Waals surface area contributed by atoms with E-state index in [1.807, 2.05) is 24.4 Å². The lowest BCUT2D eigenvalue weighted by atomic mass is 10.1. The van der Waals surface area contributed by atoms with Crippen LogP contribution in [0.4, 0.5) is 0 Å². The van der Waals surface area contributed by atoms with Gasteiger partial charge in [-0.25, -0.2) is 9.97 Å². The van der Waals surface area contributed by atoms with Crippen LogP contribution in [-0.2, 0) is 0 Å². The molecule has 0 unspecified atom stereocenters. The Bertz CT molecular complexity index is 707. The van der Waals surface area contributed by atoms with Crippen LogP contribution in [0, 0.1) is 11.3 Å². The smallest absolute Gasteiger partial charge is 0.142 e. The summed E-state index contributed by atoms with van der Waals surface area (Å²) in [5, 5.41) is 9.79. The number of pyridine rings is 2. The van der Waals surface area contributed by atoms with E-state index < -0.39 is 0 Å². The Kier molecular flexibility index (Phi) is 2.58. The molecule has 0 aliphatic carbocycles. The van der Waals surface area contributed by atoms with Crippen LogP contribution < -0.4 is 0 Å². The zero-order valence-corrected chi connectivity index (χ0v) is 9.67. The van der Waals surface area contributed by atoms with Crippen molar-refractivity contribution in [3.8, 4) is 6.07 Å². The Hall–Kier alpha value is -2.54. The van der Waals surface area contributed by atoms with Crippen LogP contribution in [0.15, 0.2) is 35.5 Å². The number of hydrogen-bond acceptors (Lipinski definition) is 4. The Morgan fingerprint density at radius 2 is 2.22 bits per heavy atom. The van der Waals surface area contributed by atoms with Gasteiger partial charge in [0.25, 0.3) is 0 Å². The maximum Gasteiger partial charge on any atom is 0.142 e. The van der Waals surface area contributed by atoms with Crippen molar-refractivity contribution in [1.82, 2.24) is 9.97 Å². The van der Waals surface area contributed by atoms with Gasteiger partial charge in [-0.1, -0.05) is 6.08 Å². The van der Waals surface area contributed by atoms with E-state index in [9.17, 15) is 0 Å². The molecule has 4 heteroatoms. The first-order chi connectivity index (χ1) is 8.86. The molecule has 0 saturated heterocycles. The van der Waals surface area contributed by atoms with Gasteiger partial charge in [0.05, 0.1) is 17.8 Å². The predicted octanol–water partition coefficient (Wildman–Crippen LogP) is 2.36. The minimum atomic E-state index is 0.391. The molecule has 0 saturated carbocycles. The molecule has 1 aliphatic heterocycles. The highest BCUT2D eigenvalue weighted by molar-refractivity contribution is 5.82. The molecule has 1 aliphatic rings. The molecule has 3 heterocycles. The number of nitrogens with zero attached hydrogens (tertiary/aromatic N) is 4. The number of aliphatic imine (C=N–C) groups is 1. The summed E-state index contributed by atoms with van der Waals surface area (Å²) >= 11 is 0. The minimum Gasteiger partial charge on any atom is -0.292 e. The summed E-state index contributed by atoms with van der Waals surface area (Å²) < 4.78 is 0. The highest BCUT2D eigenvalue weighted by Gasteiger charge is 2.06. The predicted molar refractivity (Wildman–Crippen MR) is 70.2 cm³/mol. The van der Waals surface area contributed by atoms with Crippen molar-refractivity contribution in [2.75, 3.05) is 6.54 Å². The van der Waals surface area contributed by atoms with E-state index in [0.29, 0.717) is 12.2 Å². The molecule has 2 aromatic rings. The fraction of sp³-hybridized carbons (Fsp3) is 0.143. The van der Waals surface area contributed by atoms with E-state index >= 15 is 0 Å². The second kappa shape index (κ2) is 4.38. The number of dihydropyridines is 1. The molecule has 0 N–H and O–H groups in total. The van der Waals surface area contributed by atoms with Crippen molar-refractivity contribution in [2.24, 2.45) is 4.99 Å². The van der Waals surface area contributed by atoms with Gasteiger partial charge < -0.3 is 0 Å². The molecule has 18 heavy (non-hydrogen) atoms. The maximum absolute atomic E-state index is 8.84. The molecule has 2 aromatic heterocycles. The zero-order valence-electron chi connectivity index (χ0n) is 9.67. The van der Waals surface area contributed by atoms with Crippen molar-refractivity contribution in [3.63, 3.8) is 0 Å². The summed E-state index contributed by atoms with van der Waals surface area (Å²) in [6.07, 6.45) is 6.57. The standard InChI is InChI=1S/C14H10N4/c15-7-12-6-14-11(9-17-12)3-4-13(18-14)10-2-1-5-16-8-10/h2-6,9H,1,8H2. The molecule has 0 atom stereocenters. The lowest BCUT2D eigenvalue weighted by Crippen LogP contribution is -1.98. The second-order valence-corrected chi connectivity index (χ2v) is 4.06. The molecule has 0 aromatic carbocycles. The van der Waals surface area contributed by atoms with Gasteiger partial charge in [0, 0.05) is 30.3 Å². The molecule has 4 nitrogen and oxygen atoms in total. The van der Waals surface area contributed by atoms with Crippen LogP contribution in [0.5, 0.6) is 0 Å². The Morgan fingerprint density at radius 1 is 1.28 bits per heavy atom. The molecule has 0 radical (unpaired) electrons. The minimum absolute atomic E-state index is 0.391. The van der Waals surface area contributed by atoms with E-state index in [2.05, 4.69) is 21.0 Å². The summed E-state index contributed by atoms with van der Waals surface area (Å²) in [5.41, 5.74) is 3.25. The van der Waals surface area contributed by atoms with Crippen molar-refractivity contribution in [1.29, 1.82) is 5.26 Å². The highest BCUT2D eigenvalue weighted by Crippen LogP contribution is 2.19. The summed E-state index contributed by atoms with van der Waals surface area (Å²) in [7, 11) is 0. The number of aromatic nitrogens is 2. The molecule has 0 spiro atoms. The van der Waals surface area contributed by atoms with Crippen LogP contribution >= 0.6 is 0 Å². The lowest BCUT2D eigenvalue weighted by Gasteiger charge is -2.08. The third-order valence-electron chi connectivity index (χ3n) is 2.88. The highest BCUT2D eigenvalue weighted by atomic mass is 14.8. The molecule has 0 bridgehead atoms. The topological polar surface area (TPSA) is 61.9 Å². The number of rotatable bonds is 1. The molecular weight excluding hydrogens is 224 g/mol. The van der Waals surface area contributed by atoms with Crippen LogP contribution in [-0.4, -0.2) is 22.7 Å². The number of allylic oxidation sites excluding steroid dienone is 1. The van der Waals surface area contributed by atoms with E-state index in [-0.39, 0.29) is 0 Å². The molecule has 0 amide bonds. The molecule has 0 fully saturated rings. The third-order valence-corrected chi connectivity index (χ3v) is 2.88. The molecule has 86 valence electrons. The van der Waals surface area contributed by atoms with Gasteiger partial charge >= 0.3 is 0 Å². The van der Waals surface area contributed by atoms with Gasteiger partial charge in [-0.3, -0.25) is 4.99 Å². The van der Waals surface area contributed by atoms with Gasteiger partial charge in [0.1, 0.15) is 11.8 Å². The molecule has 3 rings (SSSR count). The Labute approximate surface area is 104 Å². The maximum atomic E-state index is 8.84. The zero-order chi connectivity index (χ0) is 12.4. The van der Waals surface area contributed by atoms with Crippen LogP contribution in [0.25, 0.3) is 16.5 Å². The van der Waals surface area contributed by atoms with Gasteiger partial charge in [-0.2, -0.15) is 5.26 Å². The third kappa shape index (κ3) is 1.87. The summed E-state index contributed by atoms with van der Waals surface area (Å²) in [6.45, 7) is 0.675. The first kappa shape index (κ1) is 10.6. The SMILES string of the molecule is N#Cc1cc2nc(C3=CCC=NC3)ccc2cn1. The van der Waals surface area contributed by atoms with E-state index in [0.717, 1.165) is 28.6 Å². The fourth-order valence-corrected chi connectivity index (χ4v) is 1.94. The van der Waals surface area contributed by atoms with Gasteiger partial charge in [-0.05, 0) is 17.7 Å². The van der Waals surface area contributed by atoms with Gasteiger partial charge in [0.2, 0.25) is 0 Å². The van der Waals surface area contributed by atoms with Crippen LogP contribution in [0.3, 0.4) is 0 Å².